The van der Waals surface area contributed by atoms with Crippen molar-refractivity contribution in [3.05, 3.63) is 95.8 Å². The second-order valence-electron chi connectivity index (χ2n) is 7.65. The number of carbonyl (C=O) groups is 2. The molecule has 4 aromatic rings. The summed E-state index contributed by atoms with van der Waals surface area (Å²) in [6.07, 6.45) is 0. The molecule has 0 unspecified atom stereocenters. The van der Waals surface area contributed by atoms with E-state index in [1.54, 1.807) is 36.0 Å². The molecule has 0 saturated carbocycles. The number of amides is 1. The maximum Gasteiger partial charge on any atom is 0.234 e. The van der Waals surface area contributed by atoms with E-state index >= 15 is 0 Å². The van der Waals surface area contributed by atoms with E-state index in [2.05, 4.69) is 46.7 Å². The molecule has 0 spiro atoms. The van der Waals surface area contributed by atoms with Crippen LogP contribution < -0.4 is 5.32 Å². The van der Waals surface area contributed by atoms with Gasteiger partial charge in [-0.05, 0) is 50.2 Å². The van der Waals surface area contributed by atoms with Crippen LogP contribution in [0, 0.1) is 6.92 Å². The maximum absolute atomic E-state index is 12.6. The van der Waals surface area contributed by atoms with E-state index in [9.17, 15) is 9.59 Å². The molecule has 0 aliphatic carbocycles. The SMILES string of the molecule is CC(=O)c1cccc(NC(=O)CSc2nnc(CSc3ccc(C)cc3)n2-c2ccccc2)c1. The molecule has 1 aromatic heterocycles. The fraction of sp³-hybridized carbons (Fsp3) is 0.154. The van der Waals surface area contributed by atoms with Crippen LogP contribution >= 0.6 is 23.5 Å². The Morgan fingerprint density at radius 1 is 0.912 bits per heavy atom. The number of benzene rings is 3. The first-order chi connectivity index (χ1) is 16.5. The monoisotopic (exact) mass is 488 g/mol. The topological polar surface area (TPSA) is 76.9 Å². The van der Waals surface area contributed by atoms with Gasteiger partial charge >= 0.3 is 0 Å². The van der Waals surface area contributed by atoms with Gasteiger partial charge in [0.05, 0.1) is 11.5 Å². The summed E-state index contributed by atoms with van der Waals surface area (Å²) in [5, 5.41) is 12.3. The summed E-state index contributed by atoms with van der Waals surface area (Å²) in [7, 11) is 0. The highest BCUT2D eigenvalue weighted by molar-refractivity contribution is 7.99. The number of aryl methyl sites for hydroxylation is 1. The van der Waals surface area contributed by atoms with E-state index < -0.39 is 0 Å². The third-order valence-corrected chi connectivity index (χ3v) is 6.93. The van der Waals surface area contributed by atoms with E-state index in [4.69, 9.17) is 0 Å². The molecule has 1 amide bonds. The van der Waals surface area contributed by atoms with E-state index in [-0.39, 0.29) is 17.4 Å². The number of rotatable bonds is 9. The van der Waals surface area contributed by atoms with Crippen molar-refractivity contribution in [3.8, 4) is 5.69 Å². The third-order valence-electron chi connectivity index (χ3n) is 4.99. The molecule has 34 heavy (non-hydrogen) atoms. The summed E-state index contributed by atoms with van der Waals surface area (Å²) in [4.78, 5) is 25.3. The molecule has 1 N–H and O–H groups in total. The summed E-state index contributed by atoms with van der Waals surface area (Å²) in [6, 6.07) is 25.2. The standard InChI is InChI=1S/C26H24N4O2S2/c1-18-11-13-23(14-12-18)33-16-24-28-29-26(30(24)22-9-4-3-5-10-22)34-17-25(32)27-21-8-6-7-20(15-21)19(2)31/h3-15H,16-17H2,1-2H3,(H,27,32). The van der Waals surface area contributed by atoms with Crippen LogP contribution in [0.1, 0.15) is 28.7 Å². The van der Waals surface area contributed by atoms with E-state index in [0.717, 1.165) is 16.4 Å². The van der Waals surface area contributed by atoms with E-state index in [1.807, 2.05) is 34.9 Å². The quantitative estimate of drug-likeness (QED) is 0.237. The number of Topliss-reactive ketones (excluding diaryl/α,β-unsaturated/α-hetero) is 1. The number of nitrogens with zero attached hydrogens (tertiary/aromatic N) is 3. The Kier molecular flexibility index (Phi) is 7.82. The number of hydrogen-bond acceptors (Lipinski definition) is 6. The molecule has 0 aliphatic heterocycles. The number of carbonyl (C=O) groups excluding carboxylic acids is 2. The minimum Gasteiger partial charge on any atom is -0.325 e. The van der Waals surface area contributed by atoms with Crippen molar-refractivity contribution in [1.29, 1.82) is 0 Å². The Morgan fingerprint density at radius 3 is 2.41 bits per heavy atom. The highest BCUT2D eigenvalue weighted by atomic mass is 32.2. The van der Waals surface area contributed by atoms with Gasteiger partial charge in [-0.3, -0.25) is 14.2 Å². The number of anilines is 1. The van der Waals surface area contributed by atoms with Gasteiger partial charge in [-0.15, -0.1) is 22.0 Å². The van der Waals surface area contributed by atoms with Gasteiger partial charge in [-0.25, -0.2) is 0 Å². The summed E-state index contributed by atoms with van der Waals surface area (Å²) >= 11 is 3.02. The average molecular weight is 489 g/mol. The van der Waals surface area contributed by atoms with Crippen molar-refractivity contribution in [3.63, 3.8) is 0 Å². The Balaban J connectivity index is 1.47. The van der Waals surface area contributed by atoms with Crippen molar-refractivity contribution in [2.45, 2.75) is 29.7 Å². The first kappa shape index (κ1) is 23.8. The summed E-state index contributed by atoms with van der Waals surface area (Å²) in [6.45, 7) is 3.57. The van der Waals surface area contributed by atoms with Crippen LogP contribution in [-0.4, -0.2) is 32.2 Å². The predicted octanol–water partition coefficient (Wildman–Crippen LogP) is 5.80. The normalized spacial score (nSPS) is 10.8. The van der Waals surface area contributed by atoms with Crippen LogP contribution in [0.2, 0.25) is 0 Å². The molecule has 0 saturated heterocycles. The van der Waals surface area contributed by atoms with E-state index in [1.165, 1.54) is 24.2 Å². The second-order valence-corrected chi connectivity index (χ2v) is 9.64. The lowest BCUT2D eigenvalue weighted by molar-refractivity contribution is -0.113. The molecule has 0 radical (unpaired) electrons. The number of aromatic nitrogens is 3. The Morgan fingerprint density at radius 2 is 1.68 bits per heavy atom. The van der Waals surface area contributed by atoms with Gasteiger partial charge in [-0.2, -0.15) is 0 Å². The number of thioether (sulfide) groups is 2. The number of nitrogens with one attached hydrogen (secondary N) is 1. The molecule has 0 aliphatic rings. The number of ketones is 1. The molecule has 1 heterocycles. The highest BCUT2D eigenvalue weighted by Gasteiger charge is 2.16. The number of para-hydroxylation sites is 1. The van der Waals surface area contributed by atoms with Gasteiger partial charge in [0, 0.05) is 21.8 Å². The van der Waals surface area contributed by atoms with Crippen LogP contribution in [-0.2, 0) is 10.5 Å². The lowest BCUT2D eigenvalue weighted by atomic mass is 10.1. The molecule has 0 fully saturated rings. The minimum atomic E-state index is -0.177. The number of hydrogen-bond donors (Lipinski definition) is 1. The van der Waals surface area contributed by atoms with Crippen LogP contribution in [0.25, 0.3) is 5.69 Å². The first-order valence-corrected chi connectivity index (χ1v) is 12.7. The first-order valence-electron chi connectivity index (χ1n) is 10.7. The zero-order chi connectivity index (χ0) is 23.9. The maximum atomic E-state index is 12.6. The minimum absolute atomic E-state index is 0.0440. The smallest absolute Gasteiger partial charge is 0.234 e. The van der Waals surface area contributed by atoms with Crippen LogP contribution in [0.5, 0.6) is 0 Å². The molecule has 8 heteroatoms. The largest absolute Gasteiger partial charge is 0.325 e. The summed E-state index contributed by atoms with van der Waals surface area (Å²) in [5.41, 5.74) is 3.33. The molecular formula is C26H24N4O2S2. The van der Waals surface area contributed by atoms with Gasteiger partial charge in [-0.1, -0.05) is 59.8 Å². The Hall–Kier alpha value is -3.36. The molecule has 0 bridgehead atoms. The fourth-order valence-electron chi connectivity index (χ4n) is 3.25. The van der Waals surface area contributed by atoms with Gasteiger partial charge in [0.15, 0.2) is 10.9 Å². The van der Waals surface area contributed by atoms with E-state index in [0.29, 0.717) is 22.2 Å². The van der Waals surface area contributed by atoms with Gasteiger partial charge in [0.1, 0.15) is 5.82 Å². The zero-order valence-corrected chi connectivity index (χ0v) is 20.5. The van der Waals surface area contributed by atoms with Gasteiger partial charge in [0.2, 0.25) is 5.91 Å². The Bertz CT molecular complexity index is 1290. The van der Waals surface area contributed by atoms with Crippen LogP contribution in [0.15, 0.2) is 88.9 Å². The van der Waals surface area contributed by atoms with Crippen molar-refractivity contribution in [2.24, 2.45) is 0 Å². The lowest BCUT2D eigenvalue weighted by Crippen LogP contribution is -2.15. The molecular weight excluding hydrogens is 464 g/mol. The third kappa shape index (κ3) is 6.15. The van der Waals surface area contributed by atoms with Crippen LogP contribution in [0.4, 0.5) is 5.69 Å². The van der Waals surface area contributed by atoms with Gasteiger partial charge < -0.3 is 5.32 Å². The molecule has 3 aromatic carbocycles. The lowest BCUT2D eigenvalue weighted by Gasteiger charge is -2.10. The second kappa shape index (κ2) is 11.2. The summed E-state index contributed by atoms with van der Waals surface area (Å²) in [5.74, 6) is 1.41. The van der Waals surface area contributed by atoms with Crippen LogP contribution in [0.3, 0.4) is 0 Å². The summed E-state index contributed by atoms with van der Waals surface area (Å²) < 4.78 is 2.00. The zero-order valence-electron chi connectivity index (χ0n) is 18.9. The van der Waals surface area contributed by atoms with Crippen molar-refractivity contribution >= 4 is 40.9 Å². The molecule has 6 nitrogen and oxygen atoms in total. The Labute approximate surface area is 207 Å². The fourth-order valence-corrected chi connectivity index (χ4v) is 4.83. The molecule has 172 valence electrons. The molecule has 0 atom stereocenters. The van der Waals surface area contributed by atoms with Gasteiger partial charge in [0.25, 0.3) is 0 Å². The van der Waals surface area contributed by atoms with Crippen molar-refractivity contribution in [1.82, 2.24) is 14.8 Å². The van der Waals surface area contributed by atoms with Crippen molar-refractivity contribution < 1.29 is 9.59 Å². The highest BCUT2D eigenvalue weighted by Crippen LogP contribution is 2.27. The molecule has 4 rings (SSSR count). The van der Waals surface area contributed by atoms with Crippen molar-refractivity contribution in [2.75, 3.05) is 11.1 Å². The predicted molar refractivity (Wildman–Crippen MR) is 138 cm³/mol. The average Bonchev–Trinajstić information content (AvgIpc) is 3.26.